The topological polar surface area (TPSA) is 95.9 Å². The molecule has 0 spiro atoms. The second-order valence-corrected chi connectivity index (χ2v) is 19.0. The third kappa shape index (κ3) is 47.8. The number of nitrogens with one attached hydrogen (secondary N) is 1. The molecule has 0 rings (SSSR count). The molecule has 1 amide bonds. The fraction of sp³-hybridized carbons (Fsp3) is 0.797. The van der Waals surface area contributed by atoms with E-state index in [0.717, 1.165) is 83.5 Å². The predicted octanol–water partition coefficient (Wildman–Crippen LogP) is 17.2. The minimum Gasteiger partial charge on any atom is -0.462 e. The van der Waals surface area contributed by atoms with E-state index in [1.165, 1.54) is 148 Å². The van der Waals surface area contributed by atoms with Gasteiger partial charge in [0.2, 0.25) is 5.91 Å². The van der Waals surface area contributed by atoms with E-state index in [1.54, 1.807) is 0 Å². The lowest BCUT2D eigenvalue weighted by Crippen LogP contribution is -2.46. The first kappa shape index (κ1) is 62.6. The van der Waals surface area contributed by atoms with Crippen LogP contribution in [-0.2, 0) is 14.3 Å². The lowest BCUT2D eigenvalue weighted by molar-refractivity contribution is -0.151. The third-order valence-electron chi connectivity index (χ3n) is 12.6. The molecule has 6 heteroatoms. The van der Waals surface area contributed by atoms with Crippen LogP contribution in [0.4, 0.5) is 0 Å². The highest BCUT2D eigenvalue weighted by molar-refractivity contribution is 5.77. The maximum atomic E-state index is 13.2. The number of aliphatic hydroxyl groups excluding tert-OH is 2. The van der Waals surface area contributed by atoms with Crippen LogP contribution in [0.2, 0.25) is 0 Å². The van der Waals surface area contributed by atoms with Crippen molar-refractivity contribution in [2.24, 2.45) is 0 Å². The van der Waals surface area contributed by atoms with Crippen LogP contribution in [0.1, 0.15) is 278 Å². The number of esters is 1. The zero-order valence-corrected chi connectivity index (χ0v) is 43.1. The average Bonchev–Trinajstić information content (AvgIpc) is 3.30. The largest absolute Gasteiger partial charge is 0.462 e. The fourth-order valence-corrected chi connectivity index (χ4v) is 8.30. The second kappa shape index (κ2) is 52.5. The molecule has 0 aliphatic rings. The number of ether oxygens (including phenoxy) is 1. The van der Waals surface area contributed by atoms with E-state index in [2.05, 4.69) is 86.8 Å². The number of amides is 1. The molecule has 0 aliphatic carbocycles. The molecule has 0 aromatic carbocycles. The Morgan fingerprint density at radius 3 is 1.26 bits per heavy atom. The minimum absolute atomic E-state index is 0.0434. The number of unbranched alkanes of at least 4 members (excludes halogenated alkanes) is 28. The van der Waals surface area contributed by atoms with Crippen LogP contribution in [0.3, 0.4) is 0 Å². The highest BCUT2D eigenvalue weighted by atomic mass is 16.5. The SMILES string of the molecule is CCCCC/C=C\C/C=C\C/C=C\C/C=C\CCCCCC(=O)OC(CCC/C=C\CCCCCCCCC)CC(=O)NC(CO)C(O)CCCCCCCCCCCCCCCCC. The molecule has 65 heavy (non-hydrogen) atoms. The summed E-state index contributed by atoms with van der Waals surface area (Å²) in [7, 11) is 0. The van der Waals surface area contributed by atoms with Crippen LogP contribution in [-0.4, -0.2) is 46.9 Å². The van der Waals surface area contributed by atoms with E-state index < -0.39 is 18.2 Å². The smallest absolute Gasteiger partial charge is 0.306 e. The van der Waals surface area contributed by atoms with Gasteiger partial charge >= 0.3 is 5.97 Å². The second-order valence-electron chi connectivity index (χ2n) is 19.0. The predicted molar refractivity (Wildman–Crippen MR) is 282 cm³/mol. The van der Waals surface area contributed by atoms with Crippen LogP contribution in [0, 0.1) is 0 Å². The maximum Gasteiger partial charge on any atom is 0.306 e. The molecule has 0 radical (unpaired) electrons. The van der Waals surface area contributed by atoms with Crippen molar-refractivity contribution >= 4 is 11.9 Å². The van der Waals surface area contributed by atoms with Crippen molar-refractivity contribution in [2.45, 2.75) is 296 Å². The quantitative estimate of drug-likeness (QED) is 0.0321. The van der Waals surface area contributed by atoms with Crippen molar-refractivity contribution < 1.29 is 24.5 Å². The van der Waals surface area contributed by atoms with Gasteiger partial charge in [0.1, 0.15) is 6.10 Å². The number of hydrogen-bond donors (Lipinski definition) is 3. The Kier molecular flexibility index (Phi) is 50.6. The summed E-state index contributed by atoms with van der Waals surface area (Å²) in [5.41, 5.74) is 0. The molecule has 0 bridgehead atoms. The van der Waals surface area contributed by atoms with Gasteiger partial charge in [0.15, 0.2) is 0 Å². The van der Waals surface area contributed by atoms with Gasteiger partial charge in [-0.15, -0.1) is 0 Å². The van der Waals surface area contributed by atoms with Gasteiger partial charge in [-0.1, -0.05) is 236 Å². The van der Waals surface area contributed by atoms with Crippen molar-refractivity contribution in [1.29, 1.82) is 0 Å². The first-order chi connectivity index (χ1) is 32.0. The third-order valence-corrected chi connectivity index (χ3v) is 12.6. The van der Waals surface area contributed by atoms with Crippen molar-refractivity contribution in [2.75, 3.05) is 6.61 Å². The van der Waals surface area contributed by atoms with Crippen molar-refractivity contribution in [3.8, 4) is 0 Å². The zero-order valence-electron chi connectivity index (χ0n) is 43.1. The maximum absolute atomic E-state index is 13.2. The van der Waals surface area contributed by atoms with E-state index in [9.17, 15) is 19.8 Å². The summed E-state index contributed by atoms with van der Waals surface area (Å²) in [6, 6.07) is -0.718. The lowest BCUT2D eigenvalue weighted by atomic mass is 10.0. The number of allylic oxidation sites excluding steroid dienone is 10. The van der Waals surface area contributed by atoms with E-state index in [-0.39, 0.29) is 24.9 Å². The number of carbonyl (C=O) groups is 2. The summed E-state index contributed by atoms with van der Waals surface area (Å²) < 4.78 is 5.92. The molecule has 6 nitrogen and oxygen atoms in total. The Morgan fingerprint density at radius 1 is 0.446 bits per heavy atom. The average molecular weight is 911 g/mol. The van der Waals surface area contributed by atoms with Crippen LogP contribution in [0.5, 0.6) is 0 Å². The summed E-state index contributed by atoms with van der Waals surface area (Å²) in [6.07, 6.45) is 65.7. The standard InChI is InChI=1S/C59H107NO5/c1-4-7-10-13-16-19-22-25-27-28-29-30-32-34-37-40-43-46-49-52-59(64)65-55(50-47-44-41-38-35-24-21-18-15-12-9-6-3)53-58(63)60-56(54-61)57(62)51-48-45-42-39-36-33-31-26-23-20-17-14-11-8-5-2/h16,19,25,27,29-30,34,37-38,41,55-57,61-62H,4-15,17-18,20-24,26,28,31-33,35-36,39-40,42-54H2,1-3H3,(H,60,63)/b19-16-,27-25-,30-29-,37-34-,41-38-. The number of carbonyl (C=O) groups excluding carboxylic acids is 2. The Morgan fingerprint density at radius 2 is 0.800 bits per heavy atom. The van der Waals surface area contributed by atoms with Gasteiger partial charge in [0, 0.05) is 6.42 Å². The van der Waals surface area contributed by atoms with E-state index in [0.29, 0.717) is 19.3 Å². The Bertz CT molecular complexity index is 1160. The molecule has 0 fully saturated rings. The minimum atomic E-state index is -0.801. The summed E-state index contributed by atoms with van der Waals surface area (Å²) >= 11 is 0. The van der Waals surface area contributed by atoms with E-state index in [4.69, 9.17) is 4.74 Å². The molecular weight excluding hydrogens is 803 g/mol. The molecule has 3 unspecified atom stereocenters. The molecule has 3 N–H and O–H groups in total. The van der Waals surface area contributed by atoms with Gasteiger partial charge in [0.05, 0.1) is 25.2 Å². The lowest BCUT2D eigenvalue weighted by Gasteiger charge is -2.24. The van der Waals surface area contributed by atoms with E-state index in [1.807, 2.05) is 0 Å². The fourth-order valence-electron chi connectivity index (χ4n) is 8.30. The van der Waals surface area contributed by atoms with Crippen molar-refractivity contribution in [3.63, 3.8) is 0 Å². The van der Waals surface area contributed by atoms with E-state index >= 15 is 0 Å². The Balaban J connectivity index is 4.59. The van der Waals surface area contributed by atoms with Gasteiger partial charge < -0.3 is 20.3 Å². The molecule has 0 aromatic heterocycles. The Labute approximate surface area is 403 Å². The number of hydrogen-bond acceptors (Lipinski definition) is 5. The summed E-state index contributed by atoms with van der Waals surface area (Å²) in [5, 5.41) is 23.8. The van der Waals surface area contributed by atoms with Crippen molar-refractivity contribution in [3.05, 3.63) is 60.8 Å². The van der Waals surface area contributed by atoms with Gasteiger partial charge in [-0.25, -0.2) is 0 Å². The molecule has 0 aromatic rings. The van der Waals surface area contributed by atoms with Gasteiger partial charge in [0.25, 0.3) is 0 Å². The van der Waals surface area contributed by atoms with Crippen molar-refractivity contribution in [1.82, 2.24) is 5.32 Å². The summed E-state index contributed by atoms with van der Waals surface area (Å²) in [6.45, 7) is 6.45. The monoisotopic (exact) mass is 910 g/mol. The van der Waals surface area contributed by atoms with Crippen LogP contribution in [0.25, 0.3) is 0 Å². The van der Waals surface area contributed by atoms with Crippen LogP contribution >= 0.6 is 0 Å². The van der Waals surface area contributed by atoms with Crippen LogP contribution < -0.4 is 5.32 Å². The number of rotatable bonds is 50. The van der Waals surface area contributed by atoms with Gasteiger partial charge in [-0.3, -0.25) is 9.59 Å². The molecule has 0 saturated heterocycles. The highest BCUT2D eigenvalue weighted by Crippen LogP contribution is 2.17. The van der Waals surface area contributed by atoms with Gasteiger partial charge in [-0.05, 0) is 89.9 Å². The summed E-state index contributed by atoms with van der Waals surface area (Å²) in [5.74, 6) is -0.534. The normalized spacial score (nSPS) is 13.6. The first-order valence-corrected chi connectivity index (χ1v) is 28.0. The first-order valence-electron chi connectivity index (χ1n) is 28.0. The molecule has 0 aliphatic heterocycles. The van der Waals surface area contributed by atoms with Crippen LogP contribution in [0.15, 0.2) is 60.8 Å². The van der Waals surface area contributed by atoms with Gasteiger partial charge in [-0.2, -0.15) is 0 Å². The molecular formula is C59H107NO5. The molecule has 378 valence electrons. The highest BCUT2D eigenvalue weighted by Gasteiger charge is 2.24. The molecule has 3 atom stereocenters. The molecule has 0 heterocycles. The zero-order chi connectivity index (χ0) is 47.4. The Hall–Kier alpha value is -2.44. The molecule has 0 saturated carbocycles. The number of aliphatic hydroxyl groups is 2. The summed E-state index contributed by atoms with van der Waals surface area (Å²) in [4.78, 5) is 26.2.